The molecule has 16 heavy (non-hydrogen) atoms. The molecule has 0 amide bonds. The third kappa shape index (κ3) is 4.72. The van der Waals surface area contributed by atoms with Crippen LogP contribution in [0.2, 0.25) is 0 Å². The molecule has 0 aliphatic rings. The van der Waals surface area contributed by atoms with E-state index in [2.05, 4.69) is 22.4 Å². The molecule has 1 aromatic heterocycles. The number of aryl methyl sites for hydroxylation is 1. The van der Waals surface area contributed by atoms with Crippen LogP contribution in [0.1, 0.15) is 38.0 Å². The number of aliphatic hydroxyl groups is 1. The molecule has 0 bridgehead atoms. The average molecular weight is 227 g/mol. The highest BCUT2D eigenvalue weighted by Crippen LogP contribution is 2.09. The number of nitrogens with one attached hydrogen (secondary N) is 1. The Morgan fingerprint density at radius 1 is 1.38 bits per heavy atom. The van der Waals surface area contributed by atoms with Gasteiger partial charge in [0.1, 0.15) is 0 Å². The summed E-state index contributed by atoms with van der Waals surface area (Å²) in [7, 11) is 0. The van der Waals surface area contributed by atoms with Gasteiger partial charge in [0.15, 0.2) is 0 Å². The Morgan fingerprint density at radius 3 is 2.75 bits per heavy atom. The molecule has 1 unspecified atom stereocenters. The molecule has 0 spiro atoms. The molecule has 0 aliphatic carbocycles. The number of hydrogen-bond donors (Lipinski definition) is 2. The second kappa shape index (κ2) is 7.35. The molecule has 0 radical (unpaired) electrons. The van der Waals surface area contributed by atoms with Crippen molar-refractivity contribution in [2.45, 2.75) is 39.7 Å². The Bertz CT molecular complexity index is 283. The molecule has 92 valence electrons. The van der Waals surface area contributed by atoms with Crippen LogP contribution in [0.25, 0.3) is 0 Å². The lowest BCUT2D eigenvalue weighted by Gasteiger charge is -2.14. The predicted octanol–water partition coefficient (Wildman–Crippen LogP) is 1.27. The summed E-state index contributed by atoms with van der Waals surface area (Å²) in [4.78, 5) is 0. The van der Waals surface area contributed by atoms with E-state index >= 15 is 0 Å². The van der Waals surface area contributed by atoms with E-state index in [-0.39, 0.29) is 6.61 Å². The van der Waals surface area contributed by atoms with Gasteiger partial charge in [-0.1, -0.05) is 13.3 Å². The van der Waals surface area contributed by atoms with Gasteiger partial charge in [-0.25, -0.2) is 0 Å². The minimum absolute atomic E-state index is 0.256. The van der Waals surface area contributed by atoms with Crippen molar-refractivity contribution in [1.29, 1.82) is 0 Å². The molecule has 1 atom stereocenters. The highest BCUT2D eigenvalue weighted by molar-refractivity contribution is 4.78. The molecule has 0 saturated carbocycles. The summed E-state index contributed by atoms with van der Waals surface area (Å²) in [6.07, 6.45) is 3.13. The van der Waals surface area contributed by atoms with Crippen molar-refractivity contribution in [2.24, 2.45) is 5.92 Å². The van der Waals surface area contributed by atoms with Gasteiger partial charge in [0.05, 0.1) is 6.54 Å². The largest absolute Gasteiger partial charge is 0.424 e. The molecule has 5 heteroatoms. The monoisotopic (exact) mass is 227 g/mol. The van der Waals surface area contributed by atoms with E-state index in [0.29, 0.717) is 24.2 Å². The molecule has 0 saturated heterocycles. The molecule has 0 fully saturated rings. The van der Waals surface area contributed by atoms with Crippen LogP contribution < -0.4 is 5.32 Å². The van der Waals surface area contributed by atoms with E-state index in [1.54, 1.807) is 6.92 Å². The number of aliphatic hydroxyl groups excluding tert-OH is 1. The number of hydrogen-bond acceptors (Lipinski definition) is 5. The van der Waals surface area contributed by atoms with Crippen LogP contribution in [-0.2, 0) is 6.54 Å². The van der Waals surface area contributed by atoms with Crippen LogP contribution in [0.5, 0.6) is 0 Å². The van der Waals surface area contributed by atoms with Crippen molar-refractivity contribution in [3.8, 4) is 0 Å². The van der Waals surface area contributed by atoms with Crippen molar-refractivity contribution in [3.05, 3.63) is 11.8 Å². The first kappa shape index (κ1) is 13.1. The summed E-state index contributed by atoms with van der Waals surface area (Å²) in [5, 5.41) is 19.9. The number of nitrogens with zero attached hydrogens (tertiary/aromatic N) is 2. The average Bonchev–Trinajstić information content (AvgIpc) is 2.65. The predicted molar refractivity (Wildman–Crippen MR) is 60.8 cm³/mol. The van der Waals surface area contributed by atoms with Crippen LogP contribution in [0.15, 0.2) is 4.42 Å². The number of aromatic nitrogens is 2. The zero-order valence-corrected chi connectivity index (χ0v) is 10.1. The Balaban J connectivity index is 2.21. The molecular formula is C11H21N3O2. The standard InChI is InChI=1S/C11H21N3O2/c1-3-4-10(5-6-15)7-12-8-11-14-13-9(2)16-11/h10,12,15H,3-8H2,1-2H3. The lowest BCUT2D eigenvalue weighted by molar-refractivity contribution is 0.247. The molecule has 0 aromatic carbocycles. The lowest BCUT2D eigenvalue weighted by atomic mass is 10.0. The van der Waals surface area contributed by atoms with E-state index in [1.165, 1.54) is 0 Å². The topological polar surface area (TPSA) is 71.2 Å². The van der Waals surface area contributed by atoms with Gasteiger partial charge in [-0.15, -0.1) is 10.2 Å². The van der Waals surface area contributed by atoms with Crippen LogP contribution in [0.3, 0.4) is 0 Å². The quantitative estimate of drug-likeness (QED) is 0.699. The maximum absolute atomic E-state index is 8.91. The van der Waals surface area contributed by atoms with Crippen molar-refractivity contribution in [3.63, 3.8) is 0 Å². The first-order valence-corrected chi connectivity index (χ1v) is 5.86. The molecule has 1 aromatic rings. The highest BCUT2D eigenvalue weighted by atomic mass is 16.4. The van der Waals surface area contributed by atoms with Crippen LogP contribution in [0, 0.1) is 12.8 Å². The van der Waals surface area contributed by atoms with Gasteiger partial charge in [-0.05, 0) is 25.3 Å². The molecule has 5 nitrogen and oxygen atoms in total. The van der Waals surface area contributed by atoms with Crippen molar-refractivity contribution in [1.82, 2.24) is 15.5 Å². The second-order valence-corrected chi connectivity index (χ2v) is 4.01. The third-order valence-corrected chi connectivity index (χ3v) is 2.51. The van der Waals surface area contributed by atoms with Crippen molar-refractivity contribution in [2.75, 3.05) is 13.2 Å². The van der Waals surface area contributed by atoms with Crippen molar-refractivity contribution < 1.29 is 9.52 Å². The molecule has 2 N–H and O–H groups in total. The molecular weight excluding hydrogens is 206 g/mol. The van der Waals surface area contributed by atoms with Crippen molar-refractivity contribution >= 4 is 0 Å². The van der Waals surface area contributed by atoms with Gasteiger partial charge < -0.3 is 14.8 Å². The van der Waals surface area contributed by atoms with Gasteiger partial charge in [-0.3, -0.25) is 0 Å². The Kier molecular flexibility index (Phi) is 6.03. The summed E-state index contributed by atoms with van der Waals surface area (Å²) in [5.74, 6) is 1.74. The minimum atomic E-state index is 0.256. The van der Waals surface area contributed by atoms with Gasteiger partial charge in [0.2, 0.25) is 11.8 Å². The molecule has 0 aliphatic heterocycles. The van der Waals surface area contributed by atoms with E-state index in [0.717, 1.165) is 25.8 Å². The normalized spacial score (nSPS) is 12.9. The SMILES string of the molecule is CCCC(CCO)CNCc1nnc(C)o1. The summed E-state index contributed by atoms with van der Waals surface area (Å²) < 4.78 is 5.25. The zero-order chi connectivity index (χ0) is 11.8. The van der Waals surface area contributed by atoms with E-state index in [1.807, 2.05) is 0 Å². The molecule has 1 heterocycles. The molecule has 1 rings (SSSR count). The number of rotatable bonds is 8. The highest BCUT2D eigenvalue weighted by Gasteiger charge is 2.08. The minimum Gasteiger partial charge on any atom is -0.424 e. The maximum atomic E-state index is 8.91. The fraction of sp³-hybridized carbons (Fsp3) is 0.818. The van der Waals surface area contributed by atoms with E-state index in [9.17, 15) is 0 Å². The van der Waals surface area contributed by atoms with Gasteiger partial charge in [-0.2, -0.15) is 0 Å². The Morgan fingerprint density at radius 2 is 2.19 bits per heavy atom. The lowest BCUT2D eigenvalue weighted by Crippen LogP contribution is -2.23. The van der Waals surface area contributed by atoms with Gasteiger partial charge in [0, 0.05) is 13.5 Å². The summed E-state index contributed by atoms with van der Waals surface area (Å²) >= 11 is 0. The van der Waals surface area contributed by atoms with E-state index < -0.39 is 0 Å². The first-order valence-electron chi connectivity index (χ1n) is 5.86. The zero-order valence-electron chi connectivity index (χ0n) is 10.1. The summed E-state index contributed by atoms with van der Waals surface area (Å²) in [6, 6.07) is 0. The summed E-state index contributed by atoms with van der Waals surface area (Å²) in [5.41, 5.74) is 0. The van der Waals surface area contributed by atoms with Crippen LogP contribution in [0.4, 0.5) is 0 Å². The third-order valence-electron chi connectivity index (χ3n) is 2.51. The van der Waals surface area contributed by atoms with Crippen LogP contribution in [-0.4, -0.2) is 28.5 Å². The maximum Gasteiger partial charge on any atom is 0.230 e. The second-order valence-electron chi connectivity index (χ2n) is 4.01. The van der Waals surface area contributed by atoms with Gasteiger partial charge in [0.25, 0.3) is 0 Å². The fourth-order valence-electron chi connectivity index (χ4n) is 1.73. The van der Waals surface area contributed by atoms with Gasteiger partial charge >= 0.3 is 0 Å². The summed E-state index contributed by atoms with van der Waals surface area (Å²) in [6.45, 7) is 5.68. The Labute approximate surface area is 96.3 Å². The Hall–Kier alpha value is -0.940. The first-order chi connectivity index (χ1) is 7.76. The fourth-order valence-corrected chi connectivity index (χ4v) is 1.73. The van der Waals surface area contributed by atoms with E-state index in [4.69, 9.17) is 9.52 Å². The smallest absolute Gasteiger partial charge is 0.230 e. The van der Waals surface area contributed by atoms with Crippen LogP contribution >= 0.6 is 0 Å².